The van der Waals surface area contributed by atoms with Crippen molar-refractivity contribution in [2.24, 2.45) is 0 Å². The second kappa shape index (κ2) is 9.75. The second-order valence-electron chi connectivity index (χ2n) is 6.67. The van der Waals surface area contributed by atoms with Gasteiger partial charge in [-0.05, 0) is 38.5 Å². The Hall–Kier alpha value is -2.59. The molecule has 1 saturated heterocycles. The first-order valence-corrected chi connectivity index (χ1v) is 10.5. The van der Waals surface area contributed by atoms with E-state index in [4.69, 9.17) is 4.74 Å². The first-order chi connectivity index (χ1) is 14.0. The molecule has 3 rings (SSSR count). The molecule has 2 aromatic rings. The van der Waals surface area contributed by atoms with Crippen molar-refractivity contribution in [2.45, 2.75) is 31.2 Å². The van der Waals surface area contributed by atoms with Crippen LogP contribution in [0, 0.1) is 6.92 Å². The molecule has 2 N–H and O–H groups in total. The van der Waals surface area contributed by atoms with Crippen LogP contribution in [0.15, 0.2) is 29.4 Å². The monoisotopic (exact) mass is 418 g/mol. The second-order valence-corrected chi connectivity index (χ2v) is 7.97. The number of ether oxygens (including phenoxy) is 1. The SMILES string of the molecule is CCNC(=O)NC(=O)C(C)Sc1nnc(N2CCOCC2)n1-c1cccc(C)c1. The third-order valence-electron chi connectivity index (χ3n) is 4.40. The highest BCUT2D eigenvalue weighted by atomic mass is 32.2. The van der Waals surface area contributed by atoms with Gasteiger partial charge in [-0.25, -0.2) is 4.79 Å². The Morgan fingerprint density at radius 3 is 2.72 bits per heavy atom. The fraction of sp³-hybridized carbons (Fsp3) is 0.474. The lowest BCUT2D eigenvalue weighted by Gasteiger charge is -2.28. The normalized spacial score (nSPS) is 15.1. The summed E-state index contributed by atoms with van der Waals surface area (Å²) in [6.07, 6.45) is 0. The number of aromatic nitrogens is 3. The Morgan fingerprint density at radius 1 is 1.28 bits per heavy atom. The maximum atomic E-state index is 12.4. The van der Waals surface area contributed by atoms with E-state index in [-0.39, 0.29) is 5.91 Å². The maximum Gasteiger partial charge on any atom is 0.321 e. The first-order valence-electron chi connectivity index (χ1n) is 9.60. The smallest absolute Gasteiger partial charge is 0.321 e. The van der Waals surface area contributed by atoms with Crippen LogP contribution in [-0.2, 0) is 9.53 Å². The fourth-order valence-electron chi connectivity index (χ4n) is 2.93. The van der Waals surface area contributed by atoms with E-state index in [2.05, 4.69) is 31.8 Å². The van der Waals surface area contributed by atoms with Crippen molar-refractivity contribution in [3.63, 3.8) is 0 Å². The van der Waals surface area contributed by atoms with Gasteiger partial charge >= 0.3 is 6.03 Å². The van der Waals surface area contributed by atoms with Gasteiger partial charge in [0.15, 0.2) is 5.16 Å². The number of nitrogens with zero attached hydrogens (tertiary/aromatic N) is 4. The summed E-state index contributed by atoms with van der Waals surface area (Å²) in [6.45, 7) is 8.72. The Bertz CT molecular complexity index is 865. The summed E-state index contributed by atoms with van der Waals surface area (Å²) >= 11 is 1.26. The Balaban J connectivity index is 1.87. The summed E-state index contributed by atoms with van der Waals surface area (Å²) < 4.78 is 7.41. The van der Waals surface area contributed by atoms with E-state index in [1.165, 1.54) is 11.8 Å². The number of hydrogen-bond acceptors (Lipinski definition) is 7. The molecule has 0 saturated carbocycles. The van der Waals surface area contributed by atoms with Crippen molar-refractivity contribution >= 4 is 29.6 Å². The van der Waals surface area contributed by atoms with Crippen molar-refractivity contribution in [1.82, 2.24) is 25.4 Å². The van der Waals surface area contributed by atoms with E-state index < -0.39 is 11.3 Å². The van der Waals surface area contributed by atoms with Gasteiger partial charge in [0.2, 0.25) is 11.9 Å². The lowest BCUT2D eigenvalue weighted by Crippen LogP contribution is -2.42. The zero-order chi connectivity index (χ0) is 20.8. The molecule has 156 valence electrons. The molecule has 0 radical (unpaired) electrons. The van der Waals surface area contributed by atoms with Gasteiger partial charge in [-0.15, -0.1) is 10.2 Å². The standard InChI is InChI=1S/C19H26N6O3S/c1-4-20-17(27)21-16(26)14(3)29-19-23-22-18(24-8-10-28-11-9-24)25(19)15-7-5-6-13(2)12-15/h5-7,12,14H,4,8-11H2,1-3H3,(H2,20,21,26,27). The highest BCUT2D eigenvalue weighted by Gasteiger charge is 2.25. The summed E-state index contributed by atoms with van der Waals surface area (Å²) in [6, 6.07) is 7.55. The molecule has 1 atom stereocenters. The number of carbonyl (C=O) groups excluding carboxylic acids is 2. The molecule has 1 aliphatic heterocycles. The van der Waals surface area contributed by atoms with Crippen LogP contribution >= 0.6 is 11.8 Å². The average molecular weight is 419 g/mol. The minimum atomic E-state index is -0.525. The summed E-state index contributed by atoms with van der Waals surface area (Å²) in [5, 5.41) is 13.7. The molecule has 3 amide bonds. The van der Waals surface area contributed by atoms with Crippen LogP contribution in [0.2, 0.25) is 0 Å². The van der Waals surface area contributed by atoms with E-state index in [1.54, 1.807) is 13.8 Å². The van der Waals surface area contributed by atoms with Gasteiger partial charge in [0, 0.05) is 19.6 Å². The first kappa shape index (κ1) is 21.1. The summed E-state index contributed by atoms with van der Waals surface area (Å²) in [4.78, 5) is 26.1. The molecule has 1 aliphatic rings. The number of nitrogens with one attached hydrogen (secondary N) is 2. The Morgan fingerprint density at radius 2 is 2.03 bits per heavy atom. The average Bonchev–Trinajstić information content (AvgIpc) is 3.12. The number of urea groups is 1. The molecule has 2 heterocycles. The van der Waals surface area contributed by atoms with Crippen LogP contribution < -0.4 is 15.5 Å². The predicted molar refractivity (Wildman–Crippen MR) is 112 cm³/mol. The van der Waals surface area contributed by atoms with Gasteiger partial charge in [-0.3, -0.25) is 14.7 Å². The van der Waals surface area contributed by atoms with E-state index in [0.29, 0.717) is 24.9 Å². The number of imide groups is 1. The molecule has 1 aromatic heterocycles. The number of anilines is 1. The number of hydrogen-bond donors (Lipinski definition) is 2. The molecule has 9 nitrogen and oxygen atoms in total. The third-order valence-corrected chi connectivity index (χ3v) is 5.44. The predicted octanol–water partition coefficient (Wildman–Crippen LogP) is 1.74. The molecule has 0 aliphatic carbocycles. The molecule has 29 heavy (non-hydrogen) atoms. The highest BCUT2D eigenvalue weighted by molar-refractivity contribution is 8.00. The molecule has 0 bridgehead atoms. The molecule has 1 unspecified atom stereocenters. The summed E-state index contributed by atoms with van der Waals surface area (Å²) in [5.74, 6) is 0.338. The molecular formula is C19H26N6O3S. The van der Waals surface area contributed by atoms with Crippen LogP contribution in [0.1, 0.15) is 19.4 Å². The molecule has 10 heteroatoms. The van der Waals surface area contributed by atoms with Crippen molar-refractivity contribution in [3.05, 3.63) is 29.8 Å². The van der Waals surface area contributed by atoms with Crippen LogP contribution in [0.25, 0.3) is 5.69 Å². The van der Waals surface area contributed by atoms with Gasteiger partial charge in [-0.2, -0.15) is 0 Å². The van der Waals surface area contributed by atoms with Gasteiger partial charge in [0.05, 0.1) is 24.2 Å². The van der Waals surface area contributed by atoms with E-state index >= 15 is 0 Å². The van der Waals surface area contributed by atoms with Gasteiger partial charge in [0.25, 0.3) is 0 Å². The molecular weight excluding hydrogens is 392 g/mol. The quantitative estimate of drug-likeness (QED) is 0.689. The van der Waals surface area contributed by atoms with Gasteiger partial charge in [-0.1, -0.05) is 23.9 Å². The number of thioether (sulfide) groups is 1. The lowest BCUT2D eigenvalue weighted by atomic mass is 10.2. The van der Waals surface area contributed by atoms with Crippen LogP contribution in [-0.4, -0.2) is 64.8 Å². The highest BCUT2D eigenvalue weighted by Crippen LogP contribution is 2.30. The van der Waals surface area contributed by atoms with Crippen LogP contribution in [0.4, 0.5) is 10.7 Å². The zero-order valence-electron chi connectivity index (χ0n) is 16.8. The number of amides is 3. The van der Waals surface area contributed by atoms with Crippen molar-refractivity contribution in [3.8, 4) is 5.69 Å². The minimum Gasteiger partial charge on any atom is -0.378 e. The van der Waals surface area contributed by atoms with Gasteiger partial charge in [0.1, 0.15) is 0 Å². The van der Waals surface area contributed by atoms with Gasteiger partial charge < -0.3 is 15.0 Å². The number of morpholine rings is 1. The zero-order valence-corrected chi connectivity index (χ0v) is 17.7. The third kappa shape index (κ3) is 5.27. The van der Waals surface area contributed by atoms with Crippen LogP contribution in [0.3, 0.4) is 0 Å². The van der Waals surface area contributed by atoms with Crippen molar-refractivity contribution in [1.29, 1.82) is 0 Å². The van der Waals surface area contributed by atoms with Crippen molar-refractivity contribution in [2.75, 3.05) is 37.7 Å². The lowest BCUT2D eigenvalue weighted by molar-refractivity contribution is -0.119. The molecule has 1 aromatic carbocycles. The van der Waals surface area contributed by atoms with E-state index in [9.17, 15) is 9.59 Å². The molecule has 1 fully saturated rings. The Kier molecular flexibility index (Phi) is 7.10. The number of aryl methyl sites for hydroxylation is 1. The maximum absolute atomic E-state index is 12.4. The number of carbonyl (C=O) groups is 2. The number of benzene rings is 1. The summed E-state index contributed by atoms with van der Waals surface area (Å²) in [5.41, 5.74) is 2.04. The van der Waals surface area contributed by atoms with E-state index in [0.717, 1.165) is 30.3 Å². The Labute approximate surface area is 174 Å². The minimum absolute atomic E-state index is 0.382. The fourth-order valence-corrected chi connectivity index (χ4v) is 3.79. The summed E-state index contributed by atoms with van der Waals surface area (Å²) in [7, 11) is 0. The van der Waals surface area contributed by atoms with Crippen molar-refractivity contribution < 1.29 is 14.3 Å². The largest absolute Gasteiger partial charge is 0.378 e. The number of rotatable bonds is 6. The van der Waals surface area contributed by atoms with E-state index in [1.807, 2.05) is 29.7 Å². The molecule has 0 spiro atoms. The topological polar surface area (TPSA) is 101 Å². The van der Waals surface area contributed by atoms with Crippen LogP contribution in [0.5, 0.6) is 0 Å².